The lowest BCUT2D eigenvalue weighted by molar-refractivity contribution is 0.253. The summed E-state index contributed by atoms with van der Waals surface area (Å²) in [4.78, 5) is 14.3. The predicted octanol–water partition coefficient (Wildman–Crippen LogP) is 3.66. The van der Waals surface area contributed by atoms with Crippen molar-refractivity contribution in [3.63, 3.8) is 0 Å². The molecule has 0 saturated carbocycles. The number of benzene rings is 2. The average Bonchev–Trinajstić information content (AvgIpc) is 3.43. The summed E-state index contributed by atoms with van der Waals surface area (Å²) in [5, 5.41) is 18.6. The number of urea groups is 1. The molecule has 0 spiro atoms. The number of hydrazone groups is 1. The van der Waals surface area contributed by atoms with E-state index in [1.165, 1.54) is 23.1 Å². The monoisotopic (exact) mass is 516 g/mol. The number of nitrogens with zero attached hydrogens (tertiary/aromatic N) is 5. The van der Waals surface area contributed by atoms with Gasteiger partial charge in [-0.3, -0.25) is 10.3 Å². The number of aromatic nitrogens is 2. The van der Waals surface area contributed by atoms with Crippen molar-refractivity contribution in [1.82, 2.24) is 15.5 Å². The van der Waals surface area contributed by atoms with Gasteiger partial charge in [-0.25, -0.2) is 18.6 Å². The molecule has 0 aliphatic carbocycles. The first-order valence-electron chi connectivity index (χ1n) is 10.5. The van der Waals surface area contributed by atoms with Gasteiger partial charge in [-0.1, -0.05) is 53.4 Å². The van der Waals surface area contributed by atoms with E-state index in [0.29, 0.717) is 23.0 Å². The van der Waals surface area contributed by atoms with E-state index >= 15 is 0 Å². The zero-order valence-corrected chi connectivity index (χ0v) is 20.2. The molecule has 182 valence electrons. The lowest BCUT2D eigenvalue weighted by Crippen LogP contribution is -2.40. The van der Waals surface area contributed by atoms with Gasteiger partial charge in [0.1, 0.15) is 26.6 Å². The van der Waals surface area contributed by atoms with Gasteiger partial charge >= 0.3 is 6.03 Å². The van der Waals surface area contributed by atoms with Crippen LogP contribution in [0.1, 0.15) is 29.0 Å². The molecule has 2 heterocycles. The first-order chi connectivity index (χ1) is 16.8. The Hall–Kier alpha value is -3.58. The number of nitrogens with one attached hydrogen (secondary N) is 1. The molecular weight excluding hydrogens is 494 g/mol. The van der Waals surface area contributed by atoms with E-state index in [1.807, 2.05) is 37.3 Å². The highest BCUT2D eigenvalue weighted by molar-refractivity contribution is 8.15. The smallest absolute Gasteiger partial charge is 0.318 e. The molecule has 35 heavy (non-hydrogen) atoms. The minimum atomic E-state index is -0.845. The van der Waals surface area contributed by atoms with Gasteiger partial charge in [-0.15, -0.1) is 10.2 Å². The second-order valence-corrected chi connectivity index (χ2v) is 9.98. The molecule has 4 rings (SSSR count). The molecule has 3 aromatic rings. The first kappa shape index (κ1) is 24.5. The summed E-state index contributed by atoms with van der Waals surface area (Å²) in [6.45, 7) is 2.11. The minimum Gasteiger partial charge on any atom is -0.370 e. The third-order valence-electron chi connectivity index (χ3n) is 5.09. The summed E-state index contributed by atoms with van der Waals surface area (Å²) in [7, 11) is 0. The van der Waals surface area contributed by atoms with Crippen LogP contribution in [0, 0.1) is 18.6 Å². The molecule has 0 radical (unpaired) electrons. The van der Waals surface area contributed by atoms with Crippen LogP contribution in [0.25, 0.3) is 0 Å². The maximum atomic E-state index is 14.7. The van der Waals surface area contributed by atoms with Crippen molar-refractivity contribution in [3.8, 4) is 0 Å². The Labute approximate surface area is 208 Å². The SMILES string of the molecule is Cc1nnc(N2N=C(c3cc(F)ccc3F)SC2(CCCN=C(N)NC(N)=O)c2ccccc2)s1. The fourth-order valence-electron chi connectivity index (χ4n) is 3.60. The van der Waals surface area contributed by atoms with Crippen LogP contribution in [-0.2, 0) is 4.87 Å². The number of rotatable bonds is 7. The molecule has 1 aromatic heterocycles. The van der Waals surface area contributed by atoms with Gasteiger partial charge in [0, 0.05) is 12.1 Å². The van der Waals surface area contributed by atoms with Crippen LogP contribution in [0.4, 0.5) is 18.7 Å². The van der Waals surface area contributed by atoms with Crippen LogP contribution in [0.2, 0.25) is 0 Å². The van der Waals surface area contributed by atoms with Crippen LogP contribution in [0.5, 0.6) is 0 Å². The Balaban J connectivity index is 1.74. The van der Waals surface area contributed by atoms with Crippen molar-refractivity contribution in [2.45, 2.75) is 24.6 Å². The van der Waals surface area contributed by atoms with Gasteiger partial charge in [0.05, 0.1) is 0 Å². The van der Waals surface area contributed by atoms with E-state index in [1.54, 1.807) is 5.01 Å². The Morgan fingerprint density at radius 1 is 1.17 bits per heavy atom. The second kappa shape index (κ2) is 10.4. The molecule has 2 amide bonds. The number of carbonyl (C=O) groups excluding carboxylic acids is 1. The van der Waals surface area contributed by atoms with Crippen molar-refractivity contribution >= 4 is 45.3 Å². The van der Waals surface area contributed by atoms with Crippen molar-refractivity contribution in [3.05, 3.63) is 76.3 Å². The zero-order valence-electron chi connectivity index (χ0n) is 18.6. The fourth-order valence-corrected chi connectivity index (χ4v) is 5.79. The van der Waals surface area contributed by atoms with E-state index in [-0.39, 0.29) is 18.1 Å². The lowest BCUT2D eigenvalue weighted by Gasteiger charge is -2.35. The number of thioether (sulfide) groups is 1. The quantitative estimate of drug-likeness (QED) is 0.249. The molecule has 5 N–H and O–H groups in total. The Bertz CT molecular complexity index is 1280. The van der Waals surface area contributed by atoms with Gasteiger partial charge in [0.15, 0.2) is 5.96 Å². The number of nitrogens with two attached hydrogens (primary N) is 2. The van der Waals surface area contributed by atoms with Crippen LogP contribution in [-0.4, -0.2) is 33.8 Å². The van der Waals surface area contributed by atoms with Gasteiger partial charge in [0.2, 0.25) is 5.13 Å². The molecule has 1 aliphatic rings. The number of primary amides is 1. The highest BCUT2D eigenvalue weighted by Gasteiger charge is 2.47. The Morgan fingerprint density at radius 3 is 2.63 bits per heavy atom. The largest absolute Gasteiger partial charge is 0.370 e. The summed E-state index contributed by atoms with van der Waals surface area (Å²) >= 11 is 2.65. The van der Waals surface area contributed by atoms with Crippen LogP contribution >= 0.6 is 23.1 Å². The summed E-state index contributed by atoms with van der Waals surface area (Å²) < 4.78 is 28.8. The Kier molecular flexibility index (Phi) is 7.26. The number of hydrogen-bond acceptors (Lipinski definition) is 8. The molecule has 0 saturated heterocycles. The van der Waals surface area contributed by atoms with E-state index in [4.69, 9.17) is 16.6 Å². The molecule has 1 unspecified atom stereocenters. The standard InChI is InChI=1S/C22H22F2N8OS2/c1-13-29-30-21(34-13)32-22(14-6-3-2-4-7-14,10-5-11-27-19(25)28-20(26)33)35-18(31-32)16-12-15(23)8-9-17(16)24/h2-4,6-9,12H,5,10-11H2,1H3,(H5,25,26,27,28,33). The van der Waals surface area contributed by atoms with Crippen LogP contribution in [0.15, 0.2) is 58.6 Å². The molecule has 9 nitrogen and oxygen atoms in total. The second-order valence-electron chi connectivity index (χ2n) is 7.56. The number of aliphatic imine (C=N–C) groups is 1. The van der Waals surface area contributed by atoms with E-state index < -0.39 is 22.5 Å². The molecule has 0 bridgehead atoms. The molecule has 13 heteroatoms. The van der Waals surface area contributed by atoms with Gasteiger partial charge in [0.25, 0.3) is 0 Å². The third-order valence-corrected chi connectivity index (χ3v) is 7.35. The van der Waals surface area contributed by atoms with Gasteiger partial charge in [-0.05, 0) is 43.5 Å². The van der Waals surface area contributed by atoms with Crippen molar-refractivity contribution < 1.29 is 13.6 Å². The molecule has 2 aromatic carbocycles. The summed E-state index contributed by atoms with van der Waals surface area (Å²) in [6.07, 6.45) is 1.00. The number of carbonyl (C=O) groups is 1. The summed E-state index contributed by atoms with van der Waals surface area (Å²) in [5.41, 5.74) is 11.7. The lowest BCUT2D eigenvalue weighted by atomic mass is 10.0. The number of halogens is 2. The molecule has 1 atom stereocenters. The number of guanidine groups is 1. The summed E-state index contributed by atoms with van der Waals surface area (Å²) in [6, 6.07) is 12.1. The maximum Gasteiger partial charge on any atom is 0.318 e. The van der Waals surface area contributed by atoms with E-state index in [2.05, 4.69) is 20.5 Å². The van der Waals surface area contributed by atoms with E-state index in [9.17, 15) is 13.6 Å². The van der Waals surface area contributed by atoms with E-state index in [0.717, 1.165) is 28.8 Å². The van der Waals surface area contributed by atoms with Crippen molar-refractivity contribution in [2.75, 3.05) is 11.6 Å². The third kappa shape index (κ3) is 5.41. The average molecular weight is 517 g/mol. The number of aryl methyl sites for hydroxylation is 1. The maximum absolute atomic E-state index is 14.7. The van der Waals surface area contributed by atoms with Crippen molar-refractivity contribution in [1.29, 1.82) is 0 Å². The normalized spacial score (nSPS) is 18.0. The Morgan fingerprint density at radius 2 is 1.94 bits per heavy atom. The van der Waals surface area contributed by atoms with Crippen molar-refractivity contribution in [2.24, 2.45) is 21.6 Å². The van der Waals surface area contributed by atoms with Gasteiger partial charge in [-0.2, -0.15) is 5.10 Å². The minimum absolute atomic E-state index is 0.0620. The van der Waals surface area contributed by atoms with Crippen LogP contribution in [0.3, 0.4) is 0 Å². The predicted molar refractivity (Wildman–Crippen MR) is 134 cm³/mol. The van der Waals surface area contributed by atoms with Crippen LogP contribution < -0.4 is 21.8 Å². The molecular formula is C22H22F2N8OS2. The number of amides is 2. The highest BCUT2D eigenvalue weighted by atomic mass is 32.2. The zero-order chi connectivity index (χ0) is 25.0. The topological polar surface area (TPSA) is 135 Å². The fraction of sp³-hybridized carbons (Fsp3) is 0.227. The molecule has 0 fully saturated rings. The van der Waals surface area contributed by atoms with Gasteiger partial charge < -0.3 is 11.5 Å². The number of anilines is 1. The highest BCUT2D eigenvalue weighted by Crippen LogP contribution is 2.52. The summed E-state index contributed by atoms with van der Waals surface area (Å²) in [5.74, 6) is -1.22. The molecule has 1 aliphatic heterocycles. The number of hydrogen-bond donors (Lipinski definition) is 3. The first-order valence-corrected chi connectivity index (χ1v) is 12.2.